The van der Waals surface area contributed by atoms with Crippen molar-refractivity contribution in [1.82, 2.24) is 5.32 Å². The molecule has 1 saturated heterocycles. The van der Waals surface area contributed by atoms with E-state index >= 15 is 0 Å². The molecular formula is C23H27Cl2NO5. The number of carbonyl (C=O) groups excluding carboxylic acids is 1. The summed E-state index contributed by atoms with van der Waals surface area (Å²) in [7, 11) is 1.60. The monoisotopic (exact) mass is 467 g/mol. The molecule has 0 saturated carbocycles. The van der Waals surface area contributed by atoms with Crippen LogP contribution in [-0.4, -0.2) is 38.9 Å². The summed E-state index contributed by atoms with van der Waals surface area (Å²) in [5.41, 5.74) is 0.927. The van der Waals surface area contributed by atoms with Crippen LogP contribution in [0.2, 0.25) is 10.0 Å². The van der Waals surface area contributed by atoms with Crippen LogP contribution in [0.4, 0.5) is 0 Å². The minimum atomic E-state index is -0.0570. The maximum Gasteiger partial charge on any atom is 0.220 e. The summed E-state index contributed by atoms with van der Waals surface area (Å²) in [4.78, 5) is 12.1. The molecule has 1 N–H and O–H groups in total. The zero-order chi connectivity index (χ0) is 22.1. The van der Waals surface area contributed by atoms with Gasteiger partial charge in [-0.1, -0.05) is 35.3 Å². The van der Waals surface area contributed by atoms with Gasteiger partial charge in [-0.15, -0.1) is 0 Å². The number of nitrogens with one attached hydrogen (secondary N) is 1. The number of rotatable bonds is 11. The van der Waals surface area contributed by atoms with Crippen molar-refractivity contribution in [2.45, 2.75) is 38.3 Å². The highest BCUT2D eigenvalue weighted by atomic mass is 35.5. The van der Waals surface area contributed by atoms with Crippen molar-refractivity contribution in [3.63, 3.8) is 0 Å². The molecule has 1 atom stereocenters. The maximum absolute atomic E-state index is 12.1. The Labute approximate surface area is 192 Å². The summed E-state index contributed by atoms with van der Waals surface area (Å²) in [5, 5.41) is 3.73. The van der Waals surface area contributed by atoms with E-state index < -0.39 is 0 Å². The van der Waals surface area contributed by atoms with Crippen molar-refractivity contribution in [3.05, 3.63) is 52.0 Å². The van der Waals surface area contributed by atoms with Crippen molar-refractivity contribution < 1.29 is 23.7 Å². The first-order chi connectivity index (χ1) is 15.1. The molecule has 1 unspecified atom stereocenters. The molecule has 8 heteroatoms. The fourth-order valence-corrected chi connectivity index (χ4v) is 3.55. The lowest BCUT2D eigenvalue weighted by atomic mass is 10.2. The van der Waals surface area contributed by atoms with Gasteiger partial charge in [0, 0.05) is 19.6 Å². The van der Waals surface area contributed by atoms with Gasteiger partial charge in [0.15, 0.2) is 11.5 Å². The topological polar surface area (TPSA) is 66.0 Å². The summed E-state index contributed by atoms with van der Waals surface area (Å²) in [6.07, 6.45) is 3.14. The summed E-state index contributed by atoms with van der Waals surface area (Å²) < 4.78 is 22.5. The van der Waals surface area contributed by atoms with Crippen LogP contribution in [0.25, 0.3) is 0 Å². The minimum absolute atomic E-state index is 0.0570. The molecule has 1 heterocycles. The number of halogens is 2. The summed E-state index contributed by atoms with van der Waals surface area (Å²) in [5.74, 6) is 1.77. The predicted octanol–water partition coefficient (Wildman–Crippen LogP) is 5.04. The van der Waals surface area contributed by atoms with E-state index in [9.17, 15) is 4.79 Å². The normalized spacial score (nSPS) is 15.5. The van der Waals surface area contributed by atoms with Crippen LogP contribution >= 0.6 is 23.2 Å². The van der Waals surface area contributed by atoms with E-state index in [1.807, 2.05) is 18.2 Å². The van der Waals surface area contributed by atoms with Crippen LogP contribution in [0, 0.1) is 0 Å². The van der Waals surface area contributed by atoms with Crippen LogP contribution in [0.1, 0.15) is 31.2 Å². The SMILES string of the molecule is COc1cc(CNC(=O)CCCOc2cccc(Cl)c2Cl)ccc1OCC1CCCO1. The highest BCUT2D eigenvalue weighted by Gasteiger charge is 2.17. The molecule has 1 amide bonds. The molecule has 2 aromatic carbocycles. The van der Waals surface area contributed by atoms with Gasteiger partial charge >= 0.3 is 0 Å². The van der Waals surface area contributed by atoms with Crippen LogP contribution in [-0.2, 0) is 16.1 Å². The quantitative estimate of drug-likeness (QED) is 0.469. The van der Waals surface area contributed by atoms with Gasteiger partial charge < -0.3 is 24.3 Å². The highest BCUT2D eigenvalue weighted by molar-refractivity contribution is 6.42. The minimum Gasteiger partial charge on any atom is -0.493 e. The Morgan fingerprint density at radius 2 is 2.03 bits per heavy atom. The standard InChI is InChI=1S/C23H27Cl2NO5/c1-28-21-13-16(9-10-19(21)31-15-17-5-3-11-29-17)14-26-22(27)8-4-12-30-20-7-2-6-18(24)23(20)25/h2,6-7,9-10,13,17H,3-5,8,11-12,14-15H2,1H3,(H,26,27). The van der Waals surface area contributed by atoms with Gasteiger partial charge in [-0.2, -0.15) is 0 Å². The van der Waals surface area contributed by atoms with Gasteiger partial charge in [0.1, 0.15) is 17.4 Å². The Morgan fingerprint density at radius 3 is 2.81 bits per heavy atom. The first kappa shape index (κ1) is 23.5. The number of hydrogen-bond acceptors (Lipinski definition) is 5. The number of hydrogen-bond donors (Lipinski definition) is 1. The first-order valence-electron chi connectivity index (χ1n) is 10.3. The van der Waals surface area contributed by atoms with Crippen molar-refractivity contribution in [2.75, 3.05) is 26.9 Å². The van der Waals surface area contributed by atoms with Gasteiger partial charge in [0.2, 0.25) is 5.91 Å². The zero-order valence-electron chi connectivity index (χ0n) is 17.5. The molecule has 168 valence electrons. The summed E-state index contributed by atoms with van der Waals surface area (Å²) in [6, 6.07) is 10.9. The average molecular weight is 468 g/mol. The second-order valence-corrected chi connectivity index (χ2v) is 8.00. The molecule has 31 heavy (non-hydrogen) atoms. The van der Waals surface area contributed by atoms with Crippen LogP contribution in [0.15, 0.2) is 36.4 Å². The van der Waals surface area contributed by atoms with E-state index in [1.54, 1.807) is 25.3 Å². The van der Waals surface area contributed by atoms with Crippen molar-refractivity contribution in [1.29, 1.82) is 0 Å². The molecule has 1 aliphatic rings. The van der Waals surface area contributed by atoms with E-state index in [0.29, 0.717) is 59.9 Å². The Morgan fingerprint density at radius 1 is 1.16 bits per heavy atom. The average Bonchev–Trinajstić information content (AvgIpc) is 3.30. The molecule has 2 aromatic rings. The third-order valence-corrected chi connectivity index (χ3v) is 5.69. The van der Waals surface area contributed by atoms with E-state index in [0.717, 1.165) is 25.0 Å². The van der Waals surface area contributed by atoms with E-state index in [-0.39, 0.29) is 12.0 Å². The Kier molecular flexibility index (Phi) is 9.13. The molecule has 6 nitrogen and oxygen atoms in total. The van der Waals surface area contributed by atoms with Gasteiger partial charge in [0.25, 0.3) is 0 Å². The molecule has 0 aromatic heterocycles. The molecular weight excluding hydrogens is 441 g/mol. The van der Waals surface area contributed by atoms with E-state index in [4.69, 9.17) is 42.1 Å². The number of amides is 1. The third kappa shape index (κ3) is 7.20. The van der Waals surface area contributed by atoms with Crippen molar-refractivity contribution >= 4 is 29.1 Å². The molecule has 0 radical (unpaired) electrons. The Balaban J connectivity index is 1.39. The third-order valence-electron chi connectivity index (χ3n) is 4.89. The number of methoxy groups -OCH3 is 1. The largest absolute Gasteiger partial charge is 0.493 e. The lowest BCUT2D eigenvalue weighted by Crippen LogP contribution is -2.23. The van der Waals surface area contributed by atoms with Gasteiger partial charge in [-0.3, -0.25) is 4.79 Å². The van der Waals surface area contributed by atoms with Crippen LogP contribution < -0.4 is 19.5 Å². The first-order valence-corrected chi connectivity index (χ1v) is 11.1. The van der Waals surface area contributed by atoms with Gasteiger partial charge in [-0.25, -0.2) is 0 Å². The second kappa shape index (κ2) is 12.0. The van der Waals surface area contributed by atoms with Crippen LogP contribution in [0.5, 0.6) is 17.2 Å². The summed E-state index contributed by atoms with van der Waals surface area (Å²) >= 11 is 12.0. The molecule has 0 spiro atoms. The van der Waals surface area contributed by atoms with Crippen molar-refractivity contribution in [2.24, 2.45) is 0 Å². The summed E-state index contributed by atoms with van der Waals surface area (Å²) in [6.45, 7) is 2.08. The molecule has 0 bridgehead atoms. The molecule has 1 fully saturated rings. The fourth-order valence-electron chi connectivity index (χ4n) is 3.20. The molecule has 3 rings (SSSR count). The molecule has 0 aliphatic carbocycles. The zero-order valence-corrected chi connectivity index (χ0v) is 19.0. The van der Waals surface area contributed by atoms with E-state index in [2.05, 4.69) is 5.32 Å². The second-order valence-electron chi connectivity index (χ2n) is 7.21. The smallest absolute Gasteiger partial charge is 0.220 e. The Bertz CT molecular complexity index is 871. The lowest BCUT2D eigenvalue weighted by molar-refractivity contribution is -0.121. The highest BCUT2D eigenvalue weighted by Crippen LogP contribution is 2.31. The van der Waals surface area contributed by atoms with Gasteiger partial charge in [-0.05, 0) is 49.1 Å². The van der Waals surface area contributed by atoms with Crippen molar-refractivity contribution in [3.8, 4) is 17.2 Å². The predicted molar refractivity (Wildman–Crippen MR) is 121 cm³/mol. The Hall–Kier alpha value is -2.15. The lowest BCUT2D eigenvalue weighted by Gasteiger charge is -2.15. The number of carbonyl (C=O) groups is 1. The van der Waals surface area contributed by atoms with Gasteiger partial charge in [0.05, 0.1) is 24.8 Å². The van der Waals surface area contributed by atoms with Crippen LogP contribution in [0.3, 0.4) is 0 Å². The number of benzene rings is 2. The fraction of sp³-hybridized carbons (Fsp3) is 0.435. The van der Waals surface area contributed by atoms with E-state index in [1.165, 1.54) is 0 Å². The molecule has 1 aliphatic heterocycles. The maximum atomic E-state index is 12.1. The number of ether oxygens (including phenoxy) is 4.